The van der Waals surface area contributed by atoms with Crippen LogP contribution in [0.5, 0.6) is 0 Å². The molecular weight excluding hydrogens is 248 g/mol. The molecule has 0 radical (unpaired) electrons. The Morgan fingerprint density at radius 2 is 2.17 bits per heavy atom. The molecule has 0 aromatic heterocycles. The number of hydrogen-bond donors (Lipinski definition) is 1. The molecule has 1 N–H and O–H groups in total. The minimum absolute atomic E-state index is 0.0795. The molecule has 98 valence electrons. The van der Waals surface area contributed by atoms with Crippen LogP contribution in [0.15, 0.2) is 18.2 Å². The van der Waals surface area contributed by atoms with Gasteiger partial charge >= 0.3 is 0 Å². The third-order valence-corrected chi connectivity index (χ3v) is 3.69. The molecule has 1 amide bonds. The van der Waals surface area contributed by atoms with Gasteiger partial charge in [0.25, 0.3) is 5.91 Å². The van der Waals surface area contributed by atoms with Crippen molar-refractivity contribution in [2.24, 2.45) is 0 Å². The second-order valence-electron chi connectivity index (χ2n) is 5.08. The van der Waals surface area contributed by atoms with E-state index in [4.69, 9.17) is 11.6 Å². The minimum atomic E-state index is 0.0795. The number of nitrogens with one attached hydrogen (secondary N) is 1. The highest BCUT2D eigenvalue weighted by Crippen LogP contribution is 2.19. The van der Waals surface area contributed by atoms with Gasteiger partial charge in [-0.3, -0.25) is 4.79 Å². The highest BCUT2D eigenvalue weighted by atomic mass is 35.5. The van der Waals surface area contributed by atoms with Crippen LogP contribution in [0.25, 0.3) is 0 Å². The molecule has 1 aromatic rings. The van der Waals surface area contributed by atoms with Crippen LogP contribution in [0.2, 0.25) is 5.02 Å². The zero-order valence-electron chi connectivity index (χ0n) is 11.0. The number of piperazine rings is 1. The molecule has 2 rings (SSSR count). The van der Waals surface area contributed by atoms with Crippen LogP contribution in [0.4, 0.5) is 0 Å². The third-order valence-electron chi connectivity index (χ3n) is 3.46. The van der Waals surface area contributed by atoms with E-state index in [1.54, 1.807) is 6.07 Å². The van der Waals surface area contributed by atoms with Gasteiger partial charge in [0.2, 0.25) is 0 Å². The summed E-state index contributed by atoms with van der Waals surface area (Å²) in [5, 5.41) is 3.98. The Bertz CT molecular complexity index is 461. The van der Waals surface area contributed by atoms with Crippen molar-refractivity contribution in [2.45, 2.75) is 32.9 Å². The molecule has 0 bridgehead atoms. The first kappa shape index (κ1) is 13.4. The summed E-state index contributed by atoms with van der Waals surface area (Å²) in [6.07, 6.45) is 0. The zero-order chi connectivity index (χ0) is 13.3. The van der Waals surface area contributed by atoms with Gasteiger partial charge in [-0.15, -0.1) is 0 Å². The molecule has 1 heterocycles. The smallest absolute Gasteiger partial charge is 0.254 e. The van der Waals surface area contributed by atoms with Crippen LogP contribution < -0.4 is 5.32 Å². The van der Waals surface area contributed by atoms with Gasteiger partial charge in [-0.1, -0.05) is 17.7 Å². The lowest BCUT2D eigenvalue weighted by Crippen LogP contribution is -2.56. The van der Waals surface area contributed by atoms with Gasteiger partial charge in [-0.05, 0) is 38.5 Å². The summed E-state index contributed by atoms with van der Waals surface area (Å²) in [5.74, 6) is 0.0795. The fraction of sp³-hybridized carbons (Fsp3) is 0.500. The number of hydrogen-bond acceptors (Lipinski definition) is 2. The summed E-state index contributed by atoms with van der Waals surface area (Å²) >= 11 is 5.98. The van der Waals surface area contributed by atoms with Crippen LogP contribution in [-0.4, -0.2) is 36.0 Å². The van der Waals surface area contributed by atoms with Crippen molar-refractivity contribution in [1.82, 2.24) is 10.2 Å². The lowest BCUT2D eigenvalue weighted by atomic mass is 10.0. The number of carbonyl (C=O) groups is 1. The van der Waals surface area contributed by atoms with E-state index in [1.165, 1.54) is 0 Å². The SMILES string of the molecule is Cc1ccc(Cl)cc1C(=O)N1CC(C)NCC1C. The zero-order valence-corrected chi connectivity index (χ0v) is 11.8. The topological polar surface area (TPSA) is 32.3 Å². The molecule has 1 saturated heterocycles. The van der Waals surface area contributed by atoms with E-state index in [0.717, 1.165) is 18.7 Å². The van der Waals surface area contributed by atoms with Crippen LogP contribution >= 0.6 is 11.6 Å². The highest BCUT2D eigenvalue weighted by Gasteiger charge is 2.28. The first-order valence-corrected chi connectivity index (χ1v) is 6.67. The predicted molar refractivity (Wildman–Crippen MR) is 74.2 cm³/mol. The summed E-state index contributed by atoms with van der Waals surface area (Å²) in [4.78, 5) is 14.5. The Kier molecular flexibility index (Phi) is 3.93. The lowest BCUT2D eigenvalue weighted by molar-refractivity contribution is 0.0615. The first-order valence-electron chi connectivity index (χ1n) is 6.29. The number of rotatable bonds is 1. The Balaban J connectivity index is 2.27. The molecule has 0 spiro atoms. The maximum absolute atomic E-state index is 12.6. The first-order chi connectivity index (χ1) is 8.49. The number of amides is 1. The van der Waals surface area contributed by atoms with Crippen LogP contribution in [-0.2, 0) is 0 Å². The molecule has 2 unspecified atom stereocenters. The summed E-state index contributed by atoms with van der Waals surface area (Å²) in [6.45, 7) is 7.69. The maximum atomic E-state index is 12.6. The summed E-state index contributed by atoms with van der Waals surface area (Å²) in [6, 6.07) is 6.03. The van der Waals surface area contributed by atoms with E-state index in [9.17, 15) is 4.79 Å². The standard InChI is InChI=1S/C14H19ClN2O/c1-9-4-5-12(15)6-13(9)14(18)17-8-10(2)16-7-11(17)3/h4-6,10-11,16H,7-8H2,1-3H3. The van der Waals surface area contributed by atoms with E-state index in [1.807, 2.05) is 24.0 Å². The molecular formula is C14H19ClN2O. The third kappa shape index (κ3) is 2.68. The van der Waals surface area contributed by atoms with Gasteiger partial charge in [-0.25, -0.2) is 0 Å². The Morgan fingerprint density at radius 1 is 1.44 bits per heavy atom. The van der Waals surface area contributed by atoms with Crippen molar-refractivity contribution in [3.8, 4) is 0 Å². The molecule has 2 atom stereocenters. The van der Waals surface area contributed by atoms with Crippen molar-refractivity contribution in [3.05, 3.63) is 34.3 Å². The molecule has 18 heavy (non-hydrogen) atoms. The van der Waals surface area contributed by atoms with E-state index in [-0.39, 0.29) is 11.9 Å². The highest BCUT2D eigenvalue weighted by molar-refractivity contribution is 6.31. The maximum Gasteiger partial charge on any atom is 0.254 e. The Morgan fingerprint density at radius 3 is 2.89 bits per heavy atom. The summed E-state index contributed by atoms with van der Waals surface area (Å²) in [7, 11) is 0. The molecule has 1 aliphatic rings. The molecule has 1 fully saturated rings. The number of benzene rings is 1. The van der Waals surface area contributed by atoms with Crippen molar-refractivity contribution < 1.29 is 4.79 Å². The molecule has 1 aliphatic heterocycles. The van der Waals surface area contributed by atoms with E-state index in [2.05, 4.69) is 19.2 Å². The fourth-order valence-corrected chi connectivity index (χ4v) is 2.46. The van der Waals surface area contributed by atoms with Crippen LogP contribution in [0, 0.1) is 6.92 Å². The van der Waals surface area contributed by atoms with Crippen LogP contribution in [0.1, 0.15) is 29.8 Å². The van der Waals surface area contributed by atoms with Gasteiger partial charge < -0.3 is 10.2 Å². The van der Waals surface area contributed by atoms with E-state index in [0.29, 0.717) is 16.6 Å². The van der Waals surface area contributed by atoms with Crippen LogP contribution in [0.3, 0.4) is 0 Å². The van der Waals surface area contributed by atoms with Gasteiger partial charge in [0, 0.05) is 35.8 Å². The Hall–Kier alpha value is -1.06. The van der Waals surface area contributed by atoms with Crippen molar-refractivity contribution in [3.63, 3.8) is 0 Å². The fourth-order valence-electron chi connectivity index (χ4n) is 2.28. The molecule has 0 aliphatic carbocycles. The lowest BCUT2D eigenvalue weighted by Gasteiger charge is -2.37. The molecule has 0 saturated carbocycles. The summed E-state index contributed by atoms with van der Waals surface area (Å²) < 4.78 is 0. The number of aryl methyl sites for hydroxylation is 1. The molecule has 4 heteroatoms. The molecule has 1 aromatic carbocycles. The number of nitrogens with zero attached hydrogens (tertiary/aromatic N) is 1. The largest absolute Gasteiger partial charge is 0.333 e. The Labute approximate surface area is 113 Å². The predicted octanol–water partition coefficient (Wildman–Crippen LogP) is 2.47. The van der Waals surface area contributed by atoms with Gasteiger partial charge in [0.1, 0.15) is 0 Å². The van der Waals surface area contributed by atoms with E-state index >= 15 is 0 Å². The molecule has 3 nitrogen and oxygen atoms in total. The van der Waals surface area contributed by atoms with Gasteiger partial charge in [0.05, 0.1) is 0 Å². The number of carbonyl (C=O) groups excluding carboxylic acids is 1. The van der Waals surface area contributed by atoms with Crippen molar-refractivity contribution in [2.75, 3.05) is 13.1 Å². The average molecular weight is 267 g/mol. The second kappa shape index (κ2) is 5.29. The second-order valence-corrected chi connectivity index (χ2v) is 5.51. The average Bonchev–Trinajstić information content (AvgIpc) is 2.34. The quantitative estimate of drug-likeness (QED) is 0.847. The minimum Gasteiger partial charge on any atom is -0.333 e. The van der Waals surface area contributed by atoms with Gasteiger partial charge in [0.15, 0.2) is 0 Å². The van der Waals surface area contributed by atoms with Gasteiger partial charge in [-0.2, -0.15) is 0 Å². The monoisotopic (exact) mass is 266 g/mol. The van der Waals surface area contributed by atoms with E-state index < -0.39 is 0 Å². The van der Waals surface area contributed by atoms with Crippen molar-refractivity contribution >= 4 is 17.5 Å². The normalized spacial score (nSPS) is 24.1. The summed E-state index contributed by atoms with van der Waals surface area (Å²) in [5.41, 5.74) is 1.69. The number of halogens is 1. The van der Waals surface area contributed by atoms with Crippen molar-refractivity contribution in [1.29, 1.82) is 0 Å².